The van der Waals surface area contributed by atoms with Gasteiger partial charge < -0.3 is 15.4 Å². The van der Waals surface area contributed by atoms with Crippen LogP contribution in [0.3, 0.4) is 0 Å². The predicted molar refractivity (Wildman–Crippen MR) is 75.9 cm³/mol. The molecule has 2 N–H and O–H groups in total. The molecule has 112 valence electrons. The highest BCUT2D eigenvalue weighted by Crippen LogP contribution is 2.00. The molecule has 0 aromatic rings. The second-order valence-electron chi connectivity index (χ2n) is 4.84. The van der Waals surface area contributed by atoms with E-state index in [1.54, 1.807) is 0 Å². The molecule has 0 aliphatic carbocycles. The van der Waals surface area contributed by atoms with Crippen molar-refractivity contribution in [3.63, 3.8) is 0 Å². The van der Waals surface area contributed by atoms with E-state index in [2.05, 4.69) is 10.6 Å². The van der Waals surface area contributed by atoms with Crippen LogP contribution in [0.4, 0.5) is 0 Å². The van der Waals surface area contributed by atoms with Gasteiger partial charge in [-0.25, -0.2) is 0 Å². The third-order valence-corrected chi connectivity index (χ3v) is 2.52. The normalized spacial score (nSPS) is 10.5. The second-order valence-corrected chi connectivity index (χ2v) is 4.84. The highest BCUT2D eigenvalue weighted by Gasteiger charge is 2.02. The Labute approximate surface area is 116 Å². The van der Waals surface area contributed by atoms with E-state index in [9.17, 15) is 9.59 Å². The van der Waals surface area contributed by atoms with Crippen LogP contribution in [0, 0.1) is 0 Å². The number of unbranched alkanes of at least 4 members (excludes halogenated alkanes) is 2. The summed E-state index contributed by atoms with van der Waals surface area (Å²) in [4.78, 5) is 22.4. The quantitative estimate of drug-likeness (QED) is 0.443. The molecule has 0 aliphatic heterocycles. The van der Waals surface area contributed by atoms with Crippen LogP contribution in [0.2, 0.25) is 0 Å². The SMILES string of the molecule is CCOC(=O)CCCCCNCCC(=O)NC(C)C. The maximum absolute atomic E-state index is 11.3. The van der Waals surface area contributed by atoms with Crippen LogP contribution in [0.15, 0.2) is 0 Å². The molecule has 0 rings (SSSR count). The lowest BCUT2D eigenvalue weighted by Gasteiger charge is -2.08. The van der Waals surface area contributed by atoms with Crippen LogP contribution in [0.5, 0.6) is 0 Å². The van der Waals surface area contributed by atoms with Crippen LogP contribution < -0.4 is 10.6 Å². The van der Waals surface area contributed by atoms with E-state index in [-0.39, 0.29) is 17.9 Å². The minimum absolute atomic E-state index is 0.0878. The first-order valence-electron chi connectivity index (χ1n) is 7.22. The summed E-state index contributed by atoms with van der Waals surface area (Å²) in [6.07, 6.45) is 3.91. The van der Waals surface area contributed by atoms with Crippen molar-refractivity contribution < 1.29 is 14.3 Å². The molecular formula is C14H28N2O3. The van der Waals surface area contributed by atoms with Crippen molar-refractivity contribution in [1.29, 1.82) is 0 Å². The minimum Gasteiger partial charge on any atom is -0.466 e. The standard InChI is InChI=1S/C14H28N2O3/c1-4-19-14(18)8-6-5-7-10-15-11-9-13(17)16-12(2)3/h12,15H,4-11H2,1-3H3,(H,16,17). The molecule has 0 saturated carbocycles. The molecule has 0 bridgehead atoms. The second kappa shape index (κ2) is 12.0. The Morgan fingerprint density at radius 1 is 1.05 bits per heavy atom. The average molecular weight is 272 g/mol. The molecule has 0 aromatic carbocycles. The van der Waals surface area contributed by atoms with Gasteiger partial charge in [0.15, 0.2) is 0 Å². The third-order valence-electron chi connectivity index (χ3n) is 2.52. The largest absolute Gasteiger partial charge is 0.466 e. The fourth-order valence-corrected chi connectivity index (χ4v) is 1.65. The number of hydrogen-bond donors (Lipinski definition) is 2. The van der Waals surface area contributed by atoms with Gasteiger partial charge in [0.05, 0.1) is 6.61 Å². The van der Waals surface area contributed by atoms with E-state index in [1.165, 1.54) is 0 Å². The maximum atomic E-state index is 11.3. The Bertz CT molecular complexity index is 255. The van der Waals surface area contributed by atoms with Crippen molar-refractivity contribution in [2.75, 3.05) is 19.7 Å². The molecule has 0 atom stereocenters. The van der Waals surface area contributed by atoms with E-state index in [0.29, 0.717) is 26.0 Å². The first kappa shape index (κ1) is 17.9. The number of carbonyl (C=O) groups excluding carboxylic acids is 2. The molecule has 0 spiro atoms. The van der Waals surface area contributed by atoms with Crippen LogP contribution >= 0.6 is 0 Å². The number of rotatable bonds is 11. The molecule has 0 heterocycles. The highest BCUT2D eigenvalue weighted by atomic mass is 16.5. The van der Waals surface area contributed by atoms with E-state index in [1.807, 2.05) is 20.8 Å². The van der Waals surface area contributed by atoms with Crippen LogP contribution in [-0.4, -0.2) is 37.6 Å². The fourth-order valence-electron chi connectivity index (χ4n) is 1.65. The first-order chi connectivity index (χ1) is 9.06. The molecule has 1 amide bonds. The van der Waals surface area contributed by atoms with Gasteiger partial charge in [0, 0.05) is 25.4 Å². The van der Waals surface area contributed by atoms with E-state index in [0.717, 1.165) is 25.8 Å². The molecule has 0 radical (unpaired) electrons. The van der Waals surface area contributed by atoms with Crippen molar-refractivity contribution in [2.24, 2.45) is 0 Å². The maximum Gasteiger partial charge on any atom is 0.305 e. The summed E-state index contributed by atoms with van der Waals surface area (Å²) in [5.41, 5.74) is 0. The topological polar surface area (TPSA) is 67.4 Å². The number of carbonyl (C=O) groups is 2. The summed E-state index contributed by atoms with van der Waals surface area (Å²) in [6.45, 7) is 7.77. The van der Waals surface area contributed by atoms with E-state index < -0.39 is 0 Å². The number of amides is 1. The zero-order valence-electron chi connectivity index (χ0n) is 12.5. The summed E-state index contributed by atoms with van der Waals surface area (Å²) in [6, 6.07) is 0.204. The number of ether oxygens (including phenoxy) is 1. The van der Waals surface area contributed by atoms with E-state index >= 15 is 0 Å². The van der Waals surface area contributed by atoms with Crippen molar-refractivity contribution in [2.45, 2.75) is 58.9 Å². The minimum atomic E-state index is -0.110. The Balaban J connectivity index is 3.23. The Kier molecular flexibility index (Phi) is 11.3. The van der Waals surface area contributed by atoms with Crippen molar-refractivity contribution in [1.82, 2.24) is 10.6 Å². The molecule has 0 saturated heterocycles. The highest BCUT2D eigenvalue weighted by molar-refractivity contribution is 5.76. The van der Waals surface area contributed by atoms with Gasteiger partial charge in [-0.05, 0) is 40.2 Å². The van der Waals surface area contributed by atoms with Gasteiger partial charge in [-0.3, -0.25) is 9.59 Å². The van der Waals surface area contributed by atoms with Gasteiger partial charge in [-0.15, -0.1) is 0 Å². The Morgan fingerprint density at radius 2 is 1.79 bits per heavy atom. The van der Waals surface area contributed by atoms with Crippen LogP contribution in [0.25, 0.3) is 0 Å². The molecule has 5 heteroatoms. The number of hydrogen-bond acceptors (Lipinski definition) is 4. The first-order valence-corrected chi connectivity index (χ1v) is 7.22. The van der Waals surface area contributed by atoms with E-state index in [4.69, 9.17) is 4.74 Å². The van der Waals surface area contributed by atoms with Crippen molar-refractivity contribution in [3.05, 3.63) is 0 Å². The zero-order valence-corrected chi connectivity index (χ0v) is 12.5. The van der Waals surface area contributed by atoms with Gasteiger partial charge in [0.1, 0.15) is 0 Å². The summed E-state index contributed by atoms with van der Waals surface area (Å²) in [5.74, 6) is -0.0226. The van der Waals surface area contributed by atoms with Gasteiger partial charge in [0.2, 0.25) is 5.91 Å². The number of nitrogens with one attached hydrogen (secondary N) is 2. The fraction of sp³-hybridized carbons (Fsp3) is 0.857. The summed E-state index contributed by atoms with van der Waals surface area (Å²) in [5, 5.41) is 6.07. The molecule has 0 fully saturated rings. The molecule has 0 unspecified atom stereocenters. The summed E-state index contributed by atoms with van der Waals surface area (Å²) >= 11 is 0. The molecular weight excluding hydrogens is 244 g/mol. The molecule has 19 heavy (non-hydrogen) atoms. The average Bonchev–Trinajstić information content (AvgIpc) is 2.32. The number of esters is 1. The summed E-state index contributed by atoms with van der Waals surface area (Å²) < 4.78 is 4.85. The van der Waals surface area contributed by atoms with Crippen molar-refractivity contribution in [3.8, 4) is 0 Å². The molecule has 5 nitrogen and oxygen atoms in total. The lowest BCUT2D eigenvalue weighted by molar-refractivity contribution is -0.143. The smallest absolute Gasteiger partial charge is 0.305 e. The monoisotopic (exact) mass is 272 g/mol. The van der Waals surface area contributed by atoms with Gasteiger partial charge in [-0.2, -0.15) is 0 Å². The predicted octanol–water partition coefficient (Wildman–Crippen LogP) is 1.61. The lowest BCUT2D eigenvalue weighted by atomic mass is 10.2. The van der Waals surface area contributed by atoms with Crippen LogP contribution in [-0.2, 0) is 14.3 Å². The molecule has 0 aliphatic rings. The van der Waals surface area contributed by atoms with Gasteiger partial charge >= 0.3 is 5.97 Å². The summed E-state index contributed by atoms with van der Waals surface area (Å²) in [7, 11) is 0. The van der Waals surface area contributed by atoms with Crippen molar-refractivity contribution >= 4 is 11.9 Å². The Morgan fingerprint density at radius 3 is 2.42 bits per heavy atom. The Hall–Kier alpha value is -1.10. The lowest BCUT2D eigenvalue weighted by Crippen LogP contribution is -2.32. The van der Waals surface area contributed by atoms with Crippen LogP contribution in [0.1, 0.15) is 52.9 Å². The third kappa shape index (κ3) is 13.1. The van der Waals surface area contributed by atoms with Gasteiger partial charge in [-0.1, -0.05) is 6.42 Å². The molecule has 0 aromatic heterocycles. The van der Waals surface area contributed by atoms with Gasteiger partial charge in [0.25, 0.3) is 0 Å². The zero-order chi connectivity index (χ0) is 14.5.